The summed E-state index contributed by atoms with van der Waals surface area (Å²) in [6.45, 7) is 13.1. The fourth-order valence-corrected chi connectivity index (χ4v) is 2.18. The molecule has 1 rings (SSSR count). The van der Waals surface area contributed by atoms with E-state index in [2.05, 4.69) is 62.2 Å². The third kappa shape index (κ3) is 4.79. The molecule has 0 fully saturated rings. The van der Waals surface area contributed by atoms with Crippen molar-refractivity contribution in [3.05, 3.63) is 35.4 Å². The second-order valence-electron chi connectivity index (χ2n) is 4.92. The molecule has 1 N–H and O–H groups in total. The molecular weight excluding hydrogens is 220 g/mol. The zero-order valence-corrected chi connectivity index (χ0v) is 12.4. The lowest BCUT2D eigenvalue weighted by atomic mass is 10.1. The third-order valence-corrected chi connectivity index (χ3v) is 3.58. The Bertz CT molecular complexity index is 336. The van der Waals surface area contributed by atoms with Gasteiger partial charge >= 0.3 is 0 Å². The molecule has 0 heterocycles. The van der Waals surface area contributed by atoms with Crippen molar-refractivity contribution in [1.82, 2.24) is 10.2 Å². The van der Waals surface area contributed by atoms with Gasteiger partial charge in [0.1, 0.15) is 0 Å². The van der Waals surface area contributed by atoms with E-state index in [0.29, 0.717) is 6.04 Å². The van der Waals surface area contributed by atoms with E-state index in [1.54, 1.807) is 0 Å². The van der Waals surface area contributed by atoms with Crippen molar-refractivity contribution >= 4 is 0 Å². The maximum absolute atomic E-state index is 3.38. The largest absolute Gasteiger partial charge is 0.313 e. The third-order valence-electron chi connectivity index (χ3n) is 3.58. The molecule has 0 radical (unpaired) electrons. The highest BCUT2D eigenvalue weighted by Gasteiger charge is 2.10. The zero-order chi connectivity index (χ0) is 13.4. The van der Waals surface area contributed by atoms with Crippen LogP contribution in [0.5, 0.6) is 0 Å². The van der Waals surface area contributed by atoms with Crippen LogP contribution in [-0.2, 0) is 13.1 Å². The summed E-state index contributed by atoms with van der Waals surface area (Å²) in [5.41, 5.74) is 2.81. The number of benzene rings is 1. The Labute approximate surface area is 112 Å². The summed E-state index contributed by atoms with van der Waals surface area (Å²) < 4.78 is 0. The van der Waals surface area contributed by atoms with Crippen LogP contribution in [0.25, 0.3) is 0 Å². The Balaban J connectivity index is 2.65. The van der Waals surface area contributed by atoms with Crippen LogP contribution in [0, 0.1) is 0 Å². The second kappa shape index (κ2) is 8.28. The van der Waals surface area contributed by atoms with Crippen LogP contribution in [0.3, 0.4) is 0 Å². The summed E-state index contributed by atoms with van der Waals surface area (Å²) in [6.07, 6.45) is 1.21. The lowest BCUT2D eigenvalue weighted by molar-refractivity contribution is 0.206. The summed E-state index contributed by atoms with van der Waals surface area (Å²) in [7, 11) is 0. The Kier molecular flexibility index (Phi) is 6.99. The average molecular weight is 248 g/mol. The Morgan fingerprint density at radius 2 is 1.89 bits per heavy atom. The first-order chi connectivity index (χ1) is 8.71. The minimum atomic E-state index is 0.660. The molecule has 2 heteroatoms. The predicted octanol–water partition coefficient (Wildman–Crippen LogP) is 3.42. The van der Waals surface area contributed by atoms with Gasteiger partial charge in [-0.1, -0.05) is 45.0 Å². The van der Waals surface area contributed by atoms with Crippen LogP contribution in [0.2, 0.25) is 0 Å². The van der Waals surface area contributed by atoms with E-state index < -0.39 is 0 Å². The van der Waals surface area contributed by atoms with Crippen molar-refractivity contribution in [3.63, 3.8) is 0 Å². The van der Waals surface area contributed by atoms with Crippen molar-refractivity contribution in [1.29, 1.82) is 0 Å². The van der Waals surface area contributed by atoms with Crippen LogP contribution >= 0.6 is 0 Å². The smallest absolute Gasteiger partial charge is 0.0236 e. The fourth-order valence-electron chi connectivity index (χ4n) is 2.18. The fraction of sp³-hybridized carbons (Fsp3) is 0.625. The maximum atomic E-state index is 3.38. The molecule has 18 heavy (non-hydrogen) atoms. The van der Waals surface area contributed by atoms with Gasteiger partial charge in [0.05, 0.1) is 0 Å². The van der Waals surface area contributed by atoms with Gasteiger partial charge in [-0.3, -0.25) is 4.90 Å². The van der Waals surface area contributed by atoms with E-state index in [4.69, 9.17) is 0 Å². The van der Waals surface area contributed by atoms with Gasteiger partial charge in [-0.15, -0.1) is 0 Å². The zero-order valence-electron chi connectivity index (χ0n) is 12.4. The van der Waals surface area contributed by atoms with E-state index >= 15 is 0 Å². The van der Waals surface area contributed by atoms with Gasteiger partial charge in [-0.05, 0) is 37.6 Å². The van der Waals surface area contributed by atoms with Crippen molar-refractivity contribution in [2.45, 2.75) is 53.2 Å². The van der Waals surface area contributed by atoms with E-state index in [-0.39, 0.29) is 0 Å². The highest BCUT2D eigenvalue weighted by atomic mass is 15.1. The first-order valence-electron chi connectivity index (χ1n) is 7.23. The first kappa shape index (κ1) is 15.2. The number of nitrogens with one attached hydrogen (secondary N) is 1. The Morgan fingerprint density at radius 3 is 2.50 bits per heavy atom. The van der Waals surface area contributed by atoms with E-state index in [1.807, 2.05) is 0 Å². The molecule has 102 valence electrons. The van der Waals surface area contributed by atoms with Crippen molar-refractivity contribution in [2.75, 3.05) is 13.1 Å². The first-order valence-corrected chi connectivity index (χ1v) is 7.23. The van der Waals surface area contributed by atoms with Crippen LogP contribution in [0.15, 0.2) is 24.3 Å². The number of hydrogen-bond acceptors (Lipinski definition) is 2. The van der Waals surface area contributed by atoms with Gasteiger partial charge in [0.15, 0.2) is 0 Å². The molecule has 1 unspecified atom stereocenters. The van der Waals surface area contributed by atoms with Gasteiger partial charge < -0.3 is 5.32 Å². The molecule has 0 bridgehead atoms. The van der Waals surface area contributed by atoms with Gasteiger partial charge in [0, 0.05) is 19.1 Å². The topological polar surface area (TPSA) is 15.3 Å². The molecule has 0 aliphatic heterocycles. The molecule has 0 aliphatic rings. The van der Waals surface area contributed by atoms with Crippen LogP contribution < -0.4 is 5.32 Å². The summed E-state index contributed by atoms with van der Waals surface area (Å²) in [6, 6.07) is 9.60. The van der Waals surface area contributed by atoms with Crippen molar-refractivity contribution in [2.24, 2.45) is 0 Å². The van der Waals surface area contributed by atoms with Crippen LogP contribution in [-0.4, -0.2) is 24.0 Å². The minimum absolute atomic E-state index is 0.660. The quantitative estimate of drug-likeness (QED) is 0.758. The lowest BCUT2D eigenvalue weighted by Gasteiger charge is -2.27. The molecule has 2 nitrogen and oxygen atoms in total. The lowest BCUT2D eigenvalue weighted by Crippen LogP contribution is -2.31. The standard InChI is InChI=1S/C16H28N2/c1-5-14(4)18(7-3)13-16-10-8-9-15(11-16)12-17-6-2/h8-11,14,17H,5-7,12-13H2,1-4H3. The molecule has 1 atom stereocenters. The Morgan fingerprint density at radius 1 is 1.17 bits per heavy atom. The van der Waals surface area contributed by atoms with E-state index in [9.17, 15) is 0 Å². The van der Waals surface area contributed by atoms with Gasteiger partial charge in [0.2, 0.25) is 0 Å². The molecule has 0 spiro atoms. The van der Waals surface area contributed by atoms with E-state index in [0.717, 1.165) is 26.2 Å². The molecule has 0 saturated heterocycles. The van der Waals surface area contributed by atoms with Crippen molar-refractivity contribution in [3.8, 4) is 0 Å². The predicted molar refractivity (Wildman–Crippen MR) is 79.7 cm³/mol. The molecular formula is C16H28N2. The van der Waals surface area contributed by atoms with Crippen LogP contribution in [0.1, 0.15) is 45.2 Å². The molecule has 0 amide bonds. The highest BCUT2D eigenvalue weighted by Crippen LogP contribution is 2.12. The summed E-state index contributed by atoms with van der Waals surface area (Å²) in [5, 5.41) is 3.38. The van der Waals surface area contributed by atoms with Gasteiger partial charge in [-0.25, -0.2) is 0 Å². The summed E-state index contributed by atoms with van der Waals surface area (Å²) in [4.78, 5) is 2.53. The number of nitrogens with zero attached hydrogens (tertiary/aromatic N) is 1. The molecule has 0 saturated carbocycles. The highest BCUT2D eigenvalue weighted by molar-refractivity contribution is 5.23. The summed E-state index contributed by atoms with van der Waals surface area (Å²) >= 11 is 0. The SMILES string of the molecule is CCNCc1cccc(CN(CC)C(C)CC)c1. The molecule has 1 aromatic carbocycles. The van der Waals surface area contributed by atoms with Crippen molar-refractivity contribution < 1.29 is 0 Å². The van der Waals surface area contributed by atoms with E-state index in [1.165, 1.54) is 17.5 Å². The second-order valence-corrected chi connectivity index (χ2v) is 4.92. The maximum Gasteiger partial charge on any atom is 0.0236 e. The summed E-state index contributed by atoms with van der Waals surface area (Å²) in [5.74, 6) is 0. The Hall–Kier alpha value is -0.860. The minimum Gasteiger partial charge on any atom is -0.313 e. The normalized spacial score (nSPS) is 12.9. The molecule has 0 aliphatic carbocycles. The monoisotopic (exact) mass is 248 g/mol. The average Bonchev–Trinajstić information content (AvgIpc) is 2.42. The van der Waals surface area contributed by atoms with Crippen LogP contribution in [0.4, 0.5) is 0 Å². The number of rotatable bonds is 8. The molecule has 0 aromatic heterocycles. The molecule has 1 aromatic rings. The number of hydrogen-bond donors (Lipinski definition) is 1. The van der Waals surface area contributed by atoms with Gasteiger partial charge in [-0.2, -0.15) is 0 Å². The van der Waals surface area contributed by atoms with Gasteiger partial charge in [0.25, 0.3) is 0 Å².